The van der Waals surface area contributed by atoms with Crippen molar-refractivity contribution in [2.75, 3.05) is 6.54 Å². The topological polar surface area (TPSA) is 41.8 Å². The second kappa shape index (κ2) is 3.64. The highest BCUT2D eigenvalue weighted by atomic mass is 35.5. The van der Waals surface area contributed by atoms with E-state index >= 15 is 0 Å². The molecule has 0 saturated carbocycles. The number of nitrogens with two attached hydrogens (primary N) is 1. The summed E-state index contributed by atoms with van der Waals surface area (Å²) < 4.78 is 0. The second-order valence-corrected chi connectivity index (χ2v) is 3.85. The maximum absolute atomic E-state index is 6.18. The van der Waals surface area contributed by atoms with Crippen LogP contribution in [0.1, 0.15) is 11.1 Å². The summed E-state index contributed by atoms with van der Waals surface area (Å²) in [5.74, 6) is 0. The summed E-state index contributed by atoms with van der Waals surface area (Å²) in [5, 5.41) is 2.00. The summed E-state index contributed by atoms with van der Waals surface area (Å²) in [7, 11) is 0. The zero-order chi connectivity index (χ0) is 10.1. The van der Waals surface area contributed by atoms with Gasteiger partial charge in [0.25, 0.3) is 0 Å². The minimum absolute atomic E-state index is 0.665. The van der Waals surface area contributed by atoms with Gasteiger partial charge in [-0.15, -0.1) is 0 Å². The van der Waals surface area contributed by atoms with Crippen LogP contribution in [0.2, 0.25) is 5.02 Å². The van der Waals surface area contributed by atoms with Gasteiger partial charge in [0.15, 0.2) is 0 Å². The third-order valence-corrected chi connectivity index (χ3v) is 2.97. The number of aromatic nitrogens is 1. The lowest BCUT2D eigenvalue weighted by Crippen LogP contribution is -2.01. The van der Waals surface area contributed by atoms with Crippen LogP contribution in [-0.2, 0) is 6.42 Å². The van der Waals surface area contributed by atoms with Crippen molar-refractivity contribution in [3.63, 3.8) is 0 Å². The zero-order valence-corrected chi connectivity index (χ0v) is 8.86. The summed E-state index contributed by atoms with van der Waals surface area (Å²) in [6, 6.07) is 4.14. The average molecular weight is 209 g/mol. The number of benzene rings is 1. The van der Waals surface area contributed by atoms with E-state index in [2.05, 4.69) is 11.1 Å². The summed E-state index contributed by atoms with van der Waals surface area (Å²) in [6.07, 6.45) is 2.88. The Morgan fingerprint density at radius 2 is 2.21 bits per heavy atom. The molecule has 2 nitrogen and oxygen atoms in total. The van der Waals surface area contributed by atoms with E-state index in [1.165, 1.54) is 10.9 Å². The summed E-state index contributed by atoms with van der Waals surface area (Å²) in [6.45, 7) is 2.67. The Bertz CT molecular complexity index is 460. The van der Waals surface area contributed by atoms with Gasteiger partial charge in [-0.1, -0.05) is 23.7 Å². The van der Waals surface area contributed by atoms with Crippen molar-refractivity contribution >= 4 is 22.5 Å². The first-order chi connectivity index (χ1) is 6.74. The smallest absolute Gasteiger partial charge is 0.0676 e. The molecule has 14 heavy (non-hydrogen) atoms. The number of nitrogens with one attached hydrogen (secondary N) is 1. The molecule has 1 heterocycles. The lowest BCUT2D eigenvalue weighted by atomic mass is 10.1. The molecular formula is C11H13ClN2. The molecule has 0 bridgehead atoms. The van der Waals surface area contributed by atoms with E-state index in [0.717, 1.165) is 22.5 Å². The fourth-order valence-corrected chi connectivity index (χ4v) is 1.91. The van der Waals surface area contributed by atoms with Crippen LogP contribution >= 0.6 is 11.6 Å². The van der Waals surface area contributed by atoms with Crippen LogP contribution in [-0.4, -0.2) is 11.5 Å². The Balaban J connectivity index is 2.64. The SMILES string of the molecule is Cc1ccc2c(CCN)c[nH]c2c1Cl. The van der Waals surface area contributed by atoms with Gasteiger partial charge in [0.2, 0.25) is 0 Å². The fraction of sp³-hybridized carbons (Fsp3) is 0.273. The average Bonchev–Trinajstić information content (AvgIpc) is 2.57. The lowest BCUT2D eigenvalue weighted by molar-refractivity contribution is 0.976. The van der Waals surface area contributed by atoms with Crippen LogP contribution in [0.4, 0.5) is 0 Å². The number of aromatic amines is 1. The molecule has 0 fully saturated rings. The molecule has 0 aliphatic carbocycles. The Morgan fingerprint density at radius 3 is 2.93 bits per heavy atom. The van der Waals surface area contributed by atoms with E-state index < -0.39 is 0 Å². The van der Waals surface area contributed by atoms with Gasteiger partial charge in [-0.2, -0.15) is 0 Å². The quantitative estimate of drug-likeness (QED) is 0.783. The van der Waals surface area contributed by atoms with Gasteiger partial charge in [-0.05, 0) is 31.0 Å². The third-order valence-electron chi connectivity index (χ3n) is 2.49. The van der Waals surface area contributed by atoms with Crippen molar-refractivity contribution in [1.29, 1.82) is 0 Å². The molecule has 0 unspecified atom stereocenters. The summed E-state index contributed by atoms with van der Waals surface area (Å²) in [4.78, 5) is 3.19. The van der Waals surface area contributed by atoms with Gasteiger partial charge in [0, 0.05) is 11.6 Å². The largest absolute Gasteiger partial charge is 0.360 e. The third kappa shape index (κ3) is 1.41. The number of fused-ring (bicyclic) bond motifs is 1. The zero-order valence-electron chi connectivity index (χ0n) is 8.10. The van der Waals surface area contributed by atoms with Crippen LogP contribution < -0.4 is 5.73 Å². The number of H-pyrrole nitrogens is 1. The minimum atomic E-state index is 0.665. The van der Waals surface area contributed by atoms with Crippen molar-refractivity contribution in [2.45, 2.75) is 13.3 Å². The highest BCUT2D eigenvalue weighted by molar-refractivity contribution is 6.36. The molecular weight excluding hydrogens is 196 g/mol. The van der Waals surface area contributed by atoms with Crippen molar-refractivity contribution in [3.8, 4) is 0 Å². The van der Waals surface area contributed by atoms with Gasteiger partial charge in [0.1, 0.15) is 0 Å². The molecule has 0 atom stereocenters. The highest BCUT2D eigenvalue weighted by Gasteiger charge is 2.07. The molecule has 3 heteroatoms. The number of hydrogen-bond donors (Lipinski definition) is 2. The molecule has 2 rings (SSSR count). The maximum atomic E-state index is 6.18. The van der Waals surface area contributed by atoms with Gasteiger partial charge in [-0.3, -0.25) is 0 Å². The van der Waals surface area contributed by atoms with Crippen LogP contribution in [0.5, 0.6) is 0 Å². The molecule has 3 N–H and O–H groups in total. The number of hydrogen-bond acceptors (Lipinski definition) is 1. The van der Waals surface area contributed by atoms with Crippen LogP contribution in [0.15, 0.2) is 18.3 Å². The van der Waals surface area contributed by atoms with Gasteiger partial charge >= 0.3 is 0 Å². The standard InChI is InChI=1S/C11H13ClN2/c1-7-2-3-9-8(4-5-13)6-14-11(9)10(7)12/h2-3,6,14H,4-5,13H2,1H3. The molecule has 0 aliphatic heterocycles. The van der Waals surface area contributed by atoms with E-state index in [9.17, 15) is 0 Å². The first-order valence-electron chi connectivity index (χ1n) is 4.69. The molecule has 2 aromatic rings. The molecule has 0 saturated heterocycles. The maximum Gasteiger partial charge on any atom is 0.0676 e. The molecule has 74 valence electrons. The first-order valence-corrected chi connectivity index (χ1v) is 5.07. The fourth-order valence-electron chi connectivity index (χ4n) is 1.69. The van der Waals surface area contributed by atoms with E-state index in [0.29, 0.717) is 6.54 Å². The monoisotopic (exact) mass is 208 g/mol. The van der Waals surface area contributed by atoms with Crippen molar-refractivity contribution in [2.24, 2.45) is 5.73 Å². The Labute approximate surface area is 88.1 Å². The van der Waals surface area contributed by atoms with Crippen molar-refractivity contribution in [1.82, 2.24) is 4.98 Å². The van der Waals surface area contributed by atoms with Gasteiger partial charge < -0.3 is 10.7 Å². The Hall–Kier alpha value is -0.990. The number of halogens is 1. The molecule has 0 amide bonds. The van der Waals surface area contributed by atoms with Gasteiger partial charge in [-0.25, -0.2) is 0 Å². The predicted octanol–water partition coefficient (Wildman–Crippen LogP) is 2.63. The van der Waals surface area contributed by atoms with E-state index in [4.69, 9.17) is 17.3 Å². The Morgan fingerprint density at radius 1 is 1.43 bits per heavy atom. The molecule has 1 aromatic heterocycles. The van der Waals surface area contributed by atoms with E-state index in [-0.39, 0.29) is 0 Å². The minimum Gasteiger partial charge on any atom is -0.360 e. The number of rotatable bonds is 2. The molecule has 0 spiro atoms. The summed E-state index contributed by atoms with van der Waals surface area (Å²) >= 11 is 6.18. The first kappa shape index (κ1) is 9.56. The molecule has 0 aliphatic rings. The van der Waals surface area contributed by atoms with E-state index in [1.807, 2.05) is 19.2 Å². The van der Waals surface area contributed by atoms with Crippen molar-refractivity contribution in [3.05, 3.63) is 34.5 Å². The molecule has 0 radical (unpaired) electrons. The van der Waals surface area contributed by atoms with E-state index in [1.54, 1.807) is 0 Å². The predicted molar refractivity (Wildman–Crippen MR) is 60.8 cm³/mol. The van der Waals surface area contributed by atoms with Crippen LogP contribution in [0.25, 0.3) is 10.9 Å². The highest BCUT2D eigenvalue weighted by Crippen LogP contribution is 2.28. The van der Waals surface area contributed by atoms with Crippen molar-refractivity contribution < 1.29 is 0 Å². The number of aryl methyl sites for hydroxylation is 1. The normalized spacial score (nSPS) is 11.1. The second-order valence-electron chi connectivity index (χ2n) is 3.47. The summed E-state index contributed by atoms with van der Waals surface area (Å²) in [5.41, 5.74) is 8.89. The lowest BCUT2D eigenvalue weighted by Gasteiger charge is -2.00. The van der Waals surface area contributed by atoms with Crippen LogP contribution in [0.3, 0.4) is 0 Å². The molecule has 1 aromatic carbocycles. The van der Waals surface area contributed by atoms with Crippen LogP contribution in [0, 0.1) is 6.92 Å². The Kier molecular flexibility index (Phi) is 2.48. The van der Waals surface area contributed by atoms with Gasteiger partial charge in [0.05, 0.1) is 10.5 Å².